The highest BCUT2D eigenvalue weighted by Gasteiger charge is 2.13. The first-order valence-electron chi connectivity index (χ1n) is 6.24. The standard InChI is InChI=1S/C14H15BrCl2N2O/c1-3-11-14(15)12(19(2)18-11)8-20-13-5-4-10(17)6-9(13)7-16/h4-6H,3,7-8H2,1-2H3. The molecule has 0 bridgehead atoms. The summed E-state index contributed by atoms with van der Waals surface area (Å²) in [6.45, 7) is 2.50. The first kappa shape index (κ1) is 15.7. The van der Waals surface area contributed by atoms with E-state index in [1.807, 2.05) is 23.9 Å². The van der Waals surface area contributed by atoms with Crippen molar-refractivity contribution >= 4 is 39.1 Å². The van der Waals surface area contributed by atoms with E-state index in [0.29, 0.717) is 17.5 Å². The molecule has 2 rings (SSSR count). The van der Waals surface area contributed by atoms with E-state index in [0.717, 1.165) is 33.6 Å². The van der Waals surface area contributed by atoms with Gasteiger partial charge in [-0.2, -0.15) is 5.10 Å². The first-order chi connectivity index (χ1) is 9.56. The Morgan fingerprint density at radius 3 is 2.75 bits per heavy atom. The lowest BCUT2D eigenvalue weighted by Gasteiger charge is -2.11. The average Bonchev–Trinajstić information content (AvgIpc) is 2.72. The van der Waals surface area contributed by atoms with Gasteiger partial charge >= 0.3 is 0 Å². The van der Waals surface area contributed by atoms with Crippen molar-refractivity contribution in [2.45, 2.75) is 25.8 Å². The topological polar surface area (TPSA) is 27.1 Å². The Bertz CT molecular complexity index is 613. The first-order valence-corrected chi connectivity index (χ1v) is 7.94. The summed E-state index contributed by atoms with van der Waals surface area (Å²) in [7, 11) is 1.91. The SMILES string of the molecule is CCc1nn(C)c(COc2ccc(Cl)cc2CCl)c1Br. The van der Waals surface area contributed by atoms with Crippen molar-refractivity contribution in [3.63, 3.8) is 0 Å². The maximum absolute atomic E-state index is 5.95. The molecule has 3 nitrogen and oxygen atoms in total. The second-order valence-electron chi connectivity index (χ2n) is 4.36. The second-order valence-corrected chi connectivity index (χ2v) is 5.86. The van der Waals surface area contributed by atoms with Crippen LogP contribution in [0.25, 0.3) is 0 Å². The van der Waals surface area contributed by atoms with E-state index in [2.05, 4.69) is 28.0 Å². The number of hydrogen-bond donors (Lipinski definition) is 0. The van der Waals surface area contributed by atoms with Gasteiger partial charge in [-0.1, -0.05) is 18.5 Å². The molecule has 108 valence electrons. The molecule has 0 amide bonds. The fraction of sp³-hybridized carbons (Fsp3) is 0.357. The molecule has 0 unspecified atom stereocenters. The van der Waals surface area contributed by atoms with Gasteiger partial charge in [0.25, 0.3) is 0 Å². The molecule has 1 heterocycles. The molecule has 0 radical (unpaired) electrons. The molecule has 6 heteroatoms. The van der Waals surface area contributed by atoms with Crippen LogP contribution in [0.15, 0.2) is 22.7 Å². The Labute approximate surface area is 137 Å². The number of hydrogen-bond acceptors (Lipinski definition) is 2. The van der Waals surface area contributed by atoms with Crippen LogP contribution in [0.3, 0.4) is 0 Å². The number of aryl methyl sites for hydroxylation is 2. The van der Waals surface area contributed by atoms with E-state index in [-0.39, 0.29) is 0 Å². The van der Waals surface area contributed by atoms with Gasteiger partial charge in [-0.25, -0.2) is 0 Å². The summed E-state index contributed by atoms with van der Waals surface area (Å²) in [6.07, 6.45) is 0.877. The molecule has 20 heavy (non-hydrogen) atoms. The predicted octanol–water partition coefficient (Wildman–Crippen LogP) is 4.72. The zero-order chi connectivity index (χ0) is 14.7. The maximum atomic E-state index is 5.95. The molecule has 0 aliphatic carbocycles. The zero-order valence-electron chi connectivity index (χ0n) is 11.3. The highest BCUT2D eigenvalue weighted by atomic mass is 79.9. The van der Waals surface area contributed by atoms with E-state index in [1.54, 1.807) is 6.07 Å². The molecule has 0 N–H and O–H groups in total. The lowest BCUT2D eigenvalue weighted by atomic mass is 10.2. The molecular formula is C14H15BrCl2N2O. The Balaban J connectivity index is 2.19. The molecule has 1 aromatic carbocycles. The minimum absolute atomic E-state index is 0.364. The van der Waals surface area contributed by atoms with Crippen molar-refractivity contribution in [1.29, 1.82) is 0 Å². The number of ether oxygens (including phenoxy) is 1. The highest BCUT2D eigenvalue weighted by molar-refractivity contribution is 9.10. The maximum Gasteiger partial charge on any atom is 0.131 e. The van der Waals surface area contributed by atoms with Crippen LogP contribution in [-0.2, 0) is 26.0 Å². The van der Waals surface area contributed by atoms with Crippen molar-refractivity contribution in [1.82, 2.24) is 9.78 Å². The summed E-state index contributed by atoms with van der Waals surface area (Å²) in [5.41, 5.74) is 2.91. The number of rotatable bonds is 5. The predicted molar refractivity (Wildman–Crippen MR) is 85.6 cm³/mol. The Hall–Kier alpha value is -0.710. The molecule has 0 spiro atoms. The minimum Gasteiger partial charge on any atom is -0.487 e. The second kappa shape index (κ2) is 6.83. The summed E-state index contributed by atoms with van der Waals surface area (Å²) >= 11 is 15.4. The Morgan fingerprint density at radius 1 is 1.40 bits per heavy atom. The van der Waals surface area contributed by atoms with Crippen molar-refractivity contribution in [3.8, 4) is 5.75 Å². The fourth-order valence-electron chi connectivity index (χ4n) is 1.92. The summed E-state index contributed by atoms with van der Waals surface area (Å²) in [5.74, 6) is 1.11. The molecule has 2 aromatic rings. The molecule has 1 aromatic heterocycles. The van der Waals surface area contributed by atoms with Crippen LogP contribution in [0.5, 0.6) is 5.75 Å². The molecule has 0 atom stereocenters. The summed E-state index contributed by atoms with van der Waals surface area (Å²) in [5, 5.41) is 5.10. The van der Waals surface area contributed by atoms with Gasteiger partial charge in [-0.05, 0) is 40.5 Å². The van der Waals surface area contributed by atoms with Crippen molar-refractivity contribution < 1.29 is 4.74 Å². The third-order valence-electron chi connectivity index (χ3n) is 3.03. The van der Waals surface area contributed by atoms with Crippen molar-refractivity contribution in [3.05, 3.63) is 44.6 Å². The summed E-state index contributed by atoms with van der Waals surface area (Å²) in [4.78, 5) is 0. The third kappa shape index (κ3) is 3.30. The van der Waals surface area contributed by atoms with Gasteiger partial charge in [-0.3, -0.25) is 4.68 Å². The van der Waals surface area contributed by atoms with Crippen molar-refractivity contribution in [2.75, 3.05) is 0 Å². The van der Waals surface area contributed by atoms with Gasteiger partial charge in [-0.15, -0.1) is 11.6 Å². The number of benzene rings is 1. The van der Waals surface area contributed by atoms with Crippen LogP contribution < -0.4 is 4.74 Å². The molecule has 0 fully saturated rings. The van der Waals surface area contributed by atoms with Gasteiger partial charge in [0.05, 0.1) is 21.7 Å². The average molecular weight is 378 g/mol. The van der Waals surface area contributed by atoms with Gasteiger partial charge in [0.2, 0.25) is 0 Å². The van der Waals surface area contributed by atoms with E-state index < -0.39 is 0 Å². The van der Waals surface area contributed by atoms with Gasteiger partial charge in [0.1, 0.15) is 12.4 Å². The Kier molecular flexibility index (Phi) is 5.35. The van der Waals surface area contributed by atoms with E-state index in [9.17, 15) is 0 Å². The van der Waals surface area contributed by atoms with Crippen LogP contribution in [-0.4, -0.2) is 9.78 Å². The number of nitrogens with zero attached hydrogens (tertiary/aromatic N) is 2. The third-order valence-corrected chi connectivity index (χ3v) is 4.47. The smallest absolute Gasteiger partial charge is 0.131 e. The molecule has 0 aliphatic rings. The van der Waals surface area contributed by atoms with Crippen LogP contribution in [0.1, 0.15) is 23.9 Å². The normalized spacial score (nSPS) is 10.8. The molecule has 0 saturated carbocycles. The van der Waals surface area contributed by atoms with E-state index >= 15 is 0 Å². The largest absolute Gasteiger partial charge is 0.487 e. The Morgan fingerprint density at radius 2 is 2.15 bits per heavy atom. The van der Waals surface area contributed by atoms with Crippen LogP contribution >= 0.6 is 39.1 Å². The van der Waals surface area contributed by atoms with E-state index in [1.165, 1.54) is 0 Å². The minimum atomic E-state index is 0.364. The molecule has 0 aliphatic heterocycles. The van der Waals surface area contributed by atoms with Gasteiger partial charge < -0.3 is 4.74 Å². The molecule has 0 saturated heterocycles. The zero-order valence-corrected chi connectivity index (χ0v) is 14.4. The summed E-state index contributed by atoms with van der Waals surface area (Å²) < 4.78 is 8.69. The van der Waals surface area contributed by atoms with Gasteiger partial charge in [0.15, 0.2) is 0 Å². The monoisotopic (exact) mass is 376 g/mol. The number of halogens is 3. The van der Waals surface area contributed by atoms with Crippen molar-refractivity contribution in [2.24, 2.45) is 7.05 Å². The fourth-order valence-corrected chi connectivity index (χ4v) is 3.05. The summed E-state index contributed by atoms with van der Waals surface area (Å²) in [6, 6.07) is 5.45. The lowest BCUT2D eigenvalue weighted by Crippen LogP contribution is -2.04. The van der Waals surface area contributed by atoms with Crippen LogP contribution in [0.4, 0.5) is 0 Å². The van der Waals surface area contributed by atoms with Gasteiger partial charge in [0, 0.05) is 17.6 Å². The number of alkyl halides is 1. The lowest BCUT2D eigenvalue weighted by molar-refractivity contribution is 0.292. The van der Waals surface area contributed by atoms with Crippen LogP contribution in [0, 0.1) is 0 Å². The van der Waals surface area contributed by atoms with Crippen LogP contribution in [0.2, 0.25) is 5.02 Å². The molecular weight excluding hydrogens is 363 g/mol. The highest BCUT2D eigenvalue weighted by Crippen LogP contribution is 2.27. The number of aromatic nitrogens is 2. The quantitative estimate of drug-likeness (QED) is 0.705. The van der Waals surface area contributed by atoms with E-state index in [4.69, 9.17) is 27.9 Å².